The van der Waals surface area contributed by atoms with E-state index in [2.05, 4.69) is 14.7 Å². The molecule has 2 fully saturated rings. The van der Waals surface area contributed by atoms with E-state index in [1.807, 2.05) is 12.1 Å². The molecule has 2 aliphatic rings. The number of hydrogen-bond acceptors (Lipinski definition) is 7. The molecule has 3 heterocycles. The lowest BCUT2D eigenvalue weighted by molar-refractivity contribution is -0.138. The minimum Gasteiger partial charge on any atom is -0.309 e. The number of hydroxylamine groups is 3. The number of carbonyl (C=O) groups excluding carboxylic acids is 2. The number of urea groups is 1. The number of piperidine rings is 1. The molecule has 2 aliphatic heterocycles. The molecule has 2 N–H and O–H groups in total. The molecule has 12 heteroatoms. The van der Waals surface area contributed by atoms with Crippen molar-refractivity contribution in [2.75, 3.05) is 13.2 Å². The van der Waals surface area contributed by atoms with Crippen LogP contribution in [0.3, 0.4) is 0 Å². The molecular formula is C14H18N4O7S. The topological polar surface area (TPSA) is 138 Å². The van der Waals surface area contributed by atoms with Crippen molar-refractivity contribution >= 4 is 22.3 Å². The van der Waals surface area contributed by atoms with E-state index in [1.165, 1.54) is 4.90 Å². The van der Waals surface area contributed by atoms with Gasteiger partial charge in [-0.3, -0.25) is 19.2 Å². The highest BCUT2D eigenvalue weighted by atomic mass is 32.3. The fourth-order valence-corrected chi connectivity index (χ4v) is 3.38. The Morgan fingerprint density at radius 1 is 1.38 bits per heavy atom. The molecule has 2 saturated heterocycles. The molecule has 1 unspecified atom stereocenters. The molecule has 0 aromatic carbocycles. The SMILES string of the molecule is O=C(NOCCc1ccccn1)[C@@H]1CCC2CN1C(=O)N2OS(=O)(=O)O. The molecule has 3 rings (SSSR count). The standard InChI is InChI=1S/C14H18N4O7S/c19-13(16-24-8-6-10-3-1-2-7-15-10)12-5-4-11-9-17(12)14(20)18(11)25-26(21,22)23/h1-3,7,11-12H,4-6,8-9H2,(H,16,19)(H,21,22,23)/t11?,12-/m0/s1. The number of fused-ring (bicyclic) bond motifs is 2. The Bertz CT molecular complexity index is 773. The number of hydrogen-bond donors (Lipinski definition) is 2. The van der Waals surface area contributed by atoms with Crippen LogP contribution >= 0.6 is 0 Å². The first-order chi connectivity index (χ1) is 12.3. The Balaban J connectivity index is 1.50. The van der Waals surface area contributed by atoms with E-state index in [1.54, 1.807) is 12.3 Å². The Hall–Kier alpha value is -2.28. The number of aromatic nitrogens is 1. The van der Waals surface area contributed by atoms with E-state index in [-0.39, 0.29) is 13.2 Å². The van der Waals surface area contributed by atoms with Gasteiger partial charge in [0, 0.05) is 24.9 Å². The second-order valence-corrected chi connectivity index (χ2v) is 6.90. The van der Waals surface area contributed by atoms with Gasteiger partial charge in [0.1, 0.15) is 6.04 Å². The van der Waals surface area contributed by atoms with Crippen molar-refractivity contribution in [3.05, 3.63) is 30.1 Å². The minimum absolute atomic E-state index is 0.125. The largest absolute Gasteiger partial charge is 0.418 e. The Morgan fingerprint density at radius 3 is 2.88 bits per heavy atom. The highest BCUT2D eigenvalue weighted by molar-refractivity contribution is 7.80. The third kappa shape index (κ3) is 4.27. The molecule has 0 spiro atoms. The van der Waals surface area contributed by atoms with Crippen molar-refractivity contribution in [1.82, 2.24) is 20.4 Å². The molecule has 142 valence electrons. The average molecular weight is 386 g/mol. The molecule has 0 aliphatic carbocycles. The predicted octanol–water partition coefficient (Wildman–Crippen LogP) is -0.325. The zero-order chi connectivity index (χ0) is 18.7. The Kier molecular flexibility index (Phi) is 5.36. The summed E-state index contributed by atoms with van der Waals surface area (Å²) in [6.45, 7) is 0.338. The summed E-state index contributed by atoms with van der Waals surface area (Å²) >= 11 is 0. The maximum Gasteiger partial charge on any atom is 0.418 e. The number of nitrogens with one attached hydrogen (secondary N) is 1. The molecule has 1 aromatic heterocycles. The molecule has 2 bridgehead atoms. The van der Waals surface area contributed by atoms with Gasteiger partial charge < -0.3 is 4.90 Å². The predicted molar refractivity (Wildman–Crippen MR) is 85.4 cm³/mol. The van der Waals surface area contributed by atoms with E-state index in [0.717, 1.165) is 5.69 Å². The quantitative estimate of drug-likeness (QED) is 0.369. The van der Waals surface area contributed by atoms with Crippen LogP contribution in [-0.2, 0) is 30.7 Å². The normalized spacial score (nSPS) is 22.6. The zero-order valence-corrected chi connectivity index (χ0v) is 14.5. The van der Waals surface area contributed by atoms with E-state index in [9.17, 15) is 18.0 Å². The van der Waals surface area contributed by atoms with Crippen molar-refractivity contribution in [2.45, 2.75) is 31.3 Å². The van der Waals surface area contributed by atoms with Gasteiger partial charge in [-0.25, -0.2) is 10.3 Å². The van der Waals surface area contributed by atoms with E-state index in [4.69, 9.17) is 9.39 Å². The third-order valence-corrected chi connectivity index (χ3v) is 4.51. The van der Waals surface area contributed by atoms with Gasteiger partial charge in [-0.1, -0.05) is 6.07 Å². The Morgan fingerprint density at radius 2 is 2.19 bits per heavy atom. The number of carbonyl (C=O) groups is 2. The first-order valence-corrected chi connectivity index (χ1v) is 9.30. The van der Waals surface area contributed by atoms with Crippen LogP contribution in [0.25, 0.3) is 0 Å². The van der Waals surface area contributed by atoms with Crippen molar-refractivity contribution < 1.29 is 31.7 Å². The van der Waals surface area contributed by atoms with Gasteiger partial charge in [-0.15, -0.1) is 4.28 Å². The van der Waals surface area contributed by atoms with Crippen LogP contribution in [0.1, 0.15) is 18.5 Å². The fourth-order valence-electron chi connectivity index (χ4n) is 3.00. The number of pyridine rings is 1. The molecular weight excluding hydrogens is 368 g/mol. The number of rotatable bonds is 7. The van der Waals surface area contributed by atoms with Gasteiger partial charge in [0.15, 0.2) is 0 Å². The second-order valence-electron chi connectivity index (χ2n) is 5.90. The smallest absolute Gasteiger partial charge is 0.309 e. The molecule has 0 saturated carbocycles. The van der Waals surface area contributed by atoms with Crippen LogP contribution in [0.15, 0.2) is 24.4 Å². The number of amides is 3. The van der Waals surface area contributed by atoms with Crippen LogP contribution in [-0.4, -0.2) is 65.1 Å². The van der Waals surface area contributed by atoms with Gasteiger partial charge in [0.05, 0.1) is 12.6 Å². The molecule has 3 amide bonds. The monoisotopic (exact) mass is 386 g/mol. The Labute approximate surface area is 149 Å². The van der Waals surface area contributed by atoms with Crippen molar-refractivity contribution in [3.63, 3.8) is 0 Å². The van der Waals surface area contributed by atoms with Gasteiger partial charge >= 0.3 is 16.4 Å². The van der Waals surface area contributed by atoms with Gasteiger partial charge in [-0.2, -0.15) is 13.5 Å². The van der Waals surface area contributed by atoms with Crippen LogP contribution in [0.4, 0.5) is 4.79 Å². The van der Waals surface area contributed by atoms with Crippen molar-refractivity contribution in [2.24, 2.45) is 0 Å². The summed E-state index contributed by atoms with van der Waals surface area (Å²) < 4.78 is 34.8. The summed E-state index contributed by atoms with van der Waals surface area (Å²) in [5.74, 6) is -0.508. The number of nitrogens with zero attached hydrogens (tertiary/aromatic N) is 3. The summed E-state index contributed by atoms with van der Waals surface area (Å²) in [6.07, 6.45) is 2.83. The summed E-state index contributed by atoms with van der Waals surface area (Å²) in [5.41, 5.74) is 3.12. The highest BCUT2D eigenvalue weighted by Crippen LogP contribution is 2.30. The molecule has 2 atom stereocenters. The lowest BCUT2D eigenvalue weighted by atomic mass is 10.0. The lowest BCUT2D eigenvalue weighted by Gasteiger charge is -2.28. The maximum atomic E-state index is 12.3. The summed E-state index contributed by atoms with van der Waals surface area (Å²) in [6, 6.07) is 3.34. The van der Waals surface area contributed by atoms with Crippen molar-refractivity contribution in [3.8, 4) is 0 Å². The molecule has 26 heavy (non-hydrogen) atoms. The van der Waals surface area contributed by atoms with Crippen LogP contribution in [0.5, 0.6) is 0 Å². The van der Waals surface area contributed by atoms with Gasteiger partial charge in [0.25, 0.3) is 5.91 Å². The van der Waals surface area contributed by atoms with E-state index >= 15 is 0 Å². The van der Waals surface area contributed by atoms with Crippen LogP contribution < -0.4 is 5.48 Å². The lowest BCUT2D eigenvalue weighted by Crippen LogP contribution is -2.49. The summed E-state index contributed by atoms with van der Waals surface area (Å²) in [5, 5.41) is 0.588. The van der Waals surface area contributed by atoms with Gasteiger partial charge in [0.2, 0.25) is 0 Å². The van der Waals surface area contributed by atoms with Gasteiger partial charge in [-0.05, 0) is 25.0 Å². The minimum atomic E-state index is -4.81. The van der Waals surface area contributed by atoms with E-state index in [0.29, 0.717) is 24.3 Å². The maximum absolute atomic E-state index is 12.3. The fraction of sp³-hybridized carbons (Fsp3) is 0.500. The summed E-state index contributed by atoms with van der Waals surface area (Å²) in [7, 11) is -4.81. The third-order valence-electron chi connectivity index (χ3n) is 4.16. The average Bonchev–Trinajstić information content (AvgIpc) is 2.83. The van der Waals surface area contributed by atoms with E-state index < -0.39 is 34.4 Å². The second kappa shape index (κ2) is 7.53. The summed E-state index contributed by atoms with van der Waals surface area (Å²) in [4.78, 5) is 34.9. The molecule has 0 radical (unpaired) electrons. The van der Waals surface area contributed by atoms with Crippen LogP contribution in [0, 0.1) is 0 Å². The van der Waals surface area contributed by atoms with Crippen molar-refractivity contribution in [1.29, 1.82) is 0 Å². The highest BCUT2D eigenvalue weighted by Gasteiger charge is 2.49. The molecule has 1 aromatic rings. The first kappa shape index (κ1) is 18.5. The first-order valence-electron chi connectivity index (χ1n) is 7.93. The van der Waals surface area contributed by atoms with Crippen LogP contribution in [0.2, 0.25) is 0 Å². The zero-order valence-electron chi connectivity index (χ0n) is 13.6. The molecule has 11 nitrogen and oxygen atoms in total.